The predicted octanol–water partition coefficient (Wildman–Crippen LogP) is 2.17. The number of hydrogen-bond donors (Lipinski definition) is 1. The van der Waals surface area contributed by atoms with Crippen LogP contribution in [0.1, 0.15) is 12.8 Å². The molecule has 0 aliphatic heterocycles. The Morgan fingerprint density at radius 3 is 2.65 bits per heavy atom. The van der Waals surface area contributed by atoms with E-state index in [1.165, 1.54) is 18.2 Å². The molecule has 20 heavy (non-hydrogen) atoms. The van der Waals surface area contributed by atoms with Gasteiger partial charge < -0.3 is 10.1 Å². The van der Waals surface area contributed by atoms with Crippen LogP contribution in [0.3, 0.4) is 0 Å². The van der Waals surface area contributed by atoms with E-state index in [1.807, 2.05) is 0 Å². The molecule has 1 aromatic rings. The van der Waals surface area contributed by atoms with Gasteiger partial charge in [0.15, 0.2) is 6.61 Å². The molecule has 0 atom stereocenters. The highest BCUT2D eigenvalue weighted by Crippen LogP contribution is 2.29. The number of carbonyl (C=O) groups excluding carboxylic acids is 1. The highest BCUT2D eigenvalue weighted by molar-refractivity contribution is 8.13. The average Bonchev–Trinajstić information content (AvgIpc) is 3.17. The number of carbonyl (C=O) groups is 1. The van der Waals surface area contributed by atoms with Gasteiger partial charge in [0.2, 0.25) is 0 Å². The average molecular weight is 338 g/mol. The highest BCUT2D eigenvalue weighted by atomic mass is 35.7. The van der Waals surface area contributed by atoms with Gasteiger partial charge in [-0.15, -0.1) is 0 Å². The molecule has 0 spiro atoms. The molecule has 1 aliphatic rings. The minimum atomic E-state index is -3.83. The maximum atomic E-state index is 11.5. The summed E-state index contributed by atoms with van der Waals surface area (Å²) < 4.78 is 27.5. The Morgan fingerprint density at radius 1 is 1.40 bits per heavy atom. The molecule has 0 heterocycles. The van der Waals surface area contributed by atoms with Crippen molar-refractivity contribution in [2.75, 3.05) is 13.2 Å². The molecule has 2 rings (SSSR count). The van der Waals surface area contributed by atoms with E-state index in [0.29, 0.717) is 12.5 Å². The zero-order valence-corrected chi connectivity index (χ0v) is 12.8. The van der Waals surface area contributed by atoms with Gasteiger partial charge in [-0.25, -0.2) is 8.42 Å². The first-order valence-corrected chi connectivity index (χ1v) is 8.68. The van der Waals surface area contributed by atoms with E-state index in [4.69, 9.17) is 27.0 Å². The molecule has 0 bridgehead atoms. The van der Waals surface area contributed by atoms with Gasteiger partial charge in [-0.05, 0) is 37.0 Å². The SMILES string of the molecule is O=C(COc1ccc(S(=O)(=O)Cl)cc1Cl)NCC1CC1. The van der Waals surface area contributed by atoms with Crippen LogP contribution >= 0.6 is 22.3 Å². The summed E-state index contributed by atoms with van der Waals surface area (Å²) in [5, 5.41) is 2.83. The zero-order valence-electron chi connectivity index (χ0n) is 10.4. The second-order valence-electron chi connectivity index (χ2n) is 4.57. The molecule has 1 amide bonds. The van der Waals surface area contributed by atoms with Gasteiger partial charge in [-0.1, -0.05) is 11.6 Å². The van der Waals surface area contributed by atoms with Crippen molar-refractivity contribution in [3.8, 4) is 5.75 Å². The molecule has 0 saturated heterocycles. The fraction of sp³-hybridized carbons (Fsp3) is 0.417. The van der Waals surface area contributed by atoms with Crippen LogP contribution in [0, 0.1) is 5.92 Å². The van der Waals surface area contributed by atoms with Crippen molar-refractivity contribution in [1.29, 1.82) is 0 Å². The van der Waals surface area contributed by atoms with Crippen molar-refractivity contribution < 1.29 is 17.9 Å². The maximum absolute atomic E-state index is 11.5. The van der Waals surface area contributed by atoms with Crippen molar-refractivity contribution in [2.24, 2.45) is 5.92 Å². The van der Waals surface area contributed by atoms with E-state index in [9.17, 15) is 13.2 Å². The molecule has 110 valence electrons. The number of hydrogen-bond acceptors (Lipinski definition) is 4. The third-order valence-corrected chi connectivity index (χ3v) is 4.48. The van der Waals surface area contributed by atoms with Gasteiger partial charge in [-0.2, -0.15) is 0 Å². The molecule has 0 unspecified atom stereocenters. The van der Waals surface area contributed by atoms with E-state index in [0.717, 1.165) is 12.8 Å². The van der Waals surface area contributed by atoms with Gasteiger partial charge in [0.1, 0.15) is 5.75 Å². The van der Waals surface area contributed by atoms with Crippen LogP contribution in [0.2, 0.25) is 5.02 Å². The molecular formula is C12H13Cl2NO4S. The lowest BCUT2D eigenvalue weighted by molar-refractivity contribution is -0.123. The molecule has 0 radical (unpaired) electrons. The van der Waals surface area contributed by atoms with E-state index in [1.54, 1.807) is 0 Å². The first-order valence-electron chi connectivity index (χ1n) is 6.00. The summed E-state index contributed by atoms with van der Waals surface area (Å²) in [7, 11) is 1.36. The number of halogens is 2. The Bertz CT molecular complexity index is 614. The molecule has 8 heteroatoms. The van der Waals surface area contributed by atoms with E-state index >= 15 is 0 Å². The quantitative estimate of drug-likeness (QED) is 0.807. The minimum Gasteiger partial charge on any atom is -0.482 e. The van der Waals surface area contributed by atoms with Crippen molar-refractivity contribution in [2.45, 2.75) is 17.7 Å². The molecule has 1 fully saturated rings. The van der Waals surface area contributed by atoms with Gasteiger partial charge >= 0.3 is 0 Å². The summed E-state index contributed by atoms with van der Waals surface area (Å²) in [5.41, 5.74) is 0. The third kappa shape index (κ3) is 4.54. The van der Waals surface area contributed by atoms with Crippen LogP contribution in [-0.4, -0.2) is 27.5 Å². The van der Waals surface area contributed by atoms with E-state index < -0.39 is 9.05 Å². The summed E-state index contributed by atoms with van der Waals surface area (Å²) in [6.45, 7) is 0.499. The van der Waals surface area contributed by atoms with Crippen LogP contribution < -0.4 is 10.1 Å². The first kappa shape index (κ1) is 15.4. The van der Waals surface area contributed by atoms with Crippen LogP contribution in [0.15, 0.2) is 23.1 Å². The predicted molar refractivity (Wildman–Crippen MR) is 75.7 cm³/mol. The summed E-state index contributed by atoms with van der Waals surface area (Å²) in [6.07, 6.45) is 2.31. The Morgan fingerprint density at radius 2 is 2.10 bits per heavy atom. The fourth-order valence-electron chi connectivity index (χ4n) is 1.52. The van der Waals surface area contributed by atoms with Crippen molar-refractivity contribution in [3.63, 3.8) is 0 Å². The highest BCUT2D eigenvalue weighted by Gasteiger charge is 2.21. The number of benzene rings is 1. The molecule has 5 nitrogen and oxygen atoms in total. The Labute approximate surface area is 126 Å². The lowest BCUT2D eigenvalue weighted by atomic mass is 10.3. The monoisotopic (exact) mass is 337 g/mol. The maximum Gasteiger partial charge on any atom is 0.261 e. The van der Waals surface area contributed by atoms with Gasteiger partial charge in [0.05, 0.1) is 9.92 Å². The number of amides is 1. The largest absolute Gasteiger partial charge is 0.482 e. The normalized spacial score (nSPS) is 14.9. The Balaban J connectivity index is 1.90. The molecule has 1 aromatic carbocycles. The van der Waals surface area contributed by atoms with Crippen molar-refractivity contribution in [1.82, 2.24) is 5.32 Å². The summed E-state index contributed by atoms with van der Waals surface area (Å²) in [6, 6.07) is 3.82. The summed E-state index contributed by atoms with van der Waals surface area (Å²) >= 11 is 5.88. The fourth-order valence-corrected chi connectivity index (χ4v) is 2.60. The molecule has 0 aromatic heterocycles. The van der Waals surface area contributed by atoms with Crippen molar-refractivity contribution in [3.05, 3.63) is 23.2 Å². The first-order chi connectivity index (χ1) is 9.36. The topological polar surface area (TPSA) is 72.5 Å². The Kier molecular flexibility index (Phi) is 4.78. The third-order valence-electron chi connectivity index (χ3n) is 2.83. The van der Waals surface area contributed by atoms with Crippen LogP contribution in [0.25, 0.3) is 0 Å². The molecule has 1 saturated carbocycles. The second-order valence-corrected chi connectivity index (χ2v) is 7.54. The van der Waals surface area contributed by atoms with Crippen LogP contribution in [-0.2, 0) is 13.8 Å². The van der Waals surface area contributed by atoms with Gasteiger partial charge in [0, 0.05) is 17.2 Å². The molecule has 1 aliphatic carbocycles. The van der Waals surface area contributed by atoms with E-state index in [-0.39, 0.29) is 28.2 Å². The van der Waals surface area contributed by atoms with Gasteiger partial charge in [0.25, 0.3) is 15.0 Å². The standard InChI is InChI=1S/C12H13Cl2NO4S/c13-10-5-9(20(14,17)18)3-4-11(10)19-7-12(16)15-6-8-1-2-8/h3-5,8H,1-2,6-7H2,(H,15,16). The van der Waals surface area contributed by atoms with Crippen LogP contribution in [0.5, 0.6) is 5.75 Å². The van der Waals surface area contributed by atoms with E-state index in [2.05, 4.69) is 5.32 Å². The number of ether oxygens (including phenoxy) is 1. The van der Waals surface area contributed by atoms with Crippen molar-refractivity contribution >= 4 is 37.2 Å². The van der Waals surface area contributed by atoms with Gasteiger partial charge in [-0.3, -0.25) is 4.79 Å². The minimum absolute atomic E-state index is 0.0849. The number of rotatable bonds is 6. The summed E-state index contributed by atoms with van der Waals surface area (Å²) in [4.78, 5) is 11.4. The number of nitrogens with one attached hydrogen (secondary N) is 1. The summed E-state index contributed by atoms with van der Waals surface area (Å²) in [5.74, 6) is 0.593. The Hall–Kier alpha value is -0.980. The van der Waals surface area contributed by atoms with Crippen LogP contribution in [0.4, 0.5) is 0 Å². The molecular weight excluding hydrogens is 325 g/mol. The molecule has 1 N–H and O–H groups in total. The lowest BCUT2D eigenvalue weighted by Crippen LogP contribution is -2.30. The zero-order chi connectivity index (χ0) is 14.8. The smallest absolute Gasteiger partial charge is 0.261 e. The lowest BCUT2D eigenvalue weighted by Gasteiger charge is -2.09. The second kappa shape index (κ2) is 6.20.